The van der Waals surface area contributed by atoms with E-state index in [-0.39, 0.29) is 5.69 Å². The molecular weight excluding hydrogens is 396 g/mol. The van der Waals surface area contributed by atoms with E-state index in [2.05, 4.69) is 6.92 Å². The van der Waals surface area contributed by atoms with E-state index >= 15 is 0 Å². The standard InChI is InChI=1S/C23H28N4O4/c1-13-8-10-15(11-9-13)21-20-19(16-6-5-7-17(12-16)27(29)30)18(23(28)31-4)14(2)24-22(20)26(3)25-21/h5-7,12-13,15,18-19H,8-11H2,1-4H3. The Morgan fingerprint density at radius 3 is 2.61 bits per heavy atom. The van der Waals surface area contributed by atoms with E-state index in [1.165, 1.54) is 13.2 Å². The van der Waals surface area contributed by atoms with Crippen LogP contribution in [0.25, 0.3) is 0 Å². The first-order valence-electron chi connectivity index (χ1n) is 10.8. The van der Waals surface area contributed by atoms with Crippen molar-refractivity contribution in [3.8, 4) is 0 Å². The van der Waals surface area contributed by atoms with E-state index in [0.29, 0.717) is 23.1 Å². The SMILES string of the molecule is COC(=O)C1C(C)=Nc2c(c(C3CCC(C)CC3)nn2C)C1c1cccc([N+](=O)[O-])c1. The van der Waals surface area contributed by atoms with Crippen molar-refractivity contribution in [1.82, 2.24) is 9.78 Å². The Bertz CT molecular complexity index is 1050. The molecular formula is C23H28N4O4. The first kappa shape index (κ1) is 21.2. The van der Waals surface area contributed by atoms with Crippen LogP contribution in [0.3, 0.4) is 0 Å². The number of aryl methyl sites for hydroxylation is 1. The number of aromatic nitrogens is 2. The molecule has 1 aliphatic heterocycles. The van der Waals surface area contributed by atoms with E-state index in [0.717, 1.165) is 42.8 Å². The maximum Gasteiger partial charge on any atom is 0.315 e. The van der Waals surface area contributed by atoms with E-state index in [9.17, 15) is 14.9 Å². The molecule has 8 nitrogen and oxygen atoms in total. The highest BCUT2D eigenvalue weighted by Crippen LogP contribution is 2.48. The molecule has 2 aliphatic rings. The van der Waals surface area contributed by atoms with Gasteiger partial charge in [-0.15, -0.1) is 0 Å². The summed E-state index contributed by atoms with van der Waals surface area (Å²) < 4.78 is 6.91. The van der Waals surface area contributed by atoms with Gasteiger partial charge in [-0.05, 0) is 31.2 Å². The molecule has 31 heavy (non-hydrogen) atoms. The van der Waals surface area contributed by atoms with Crippen LogP contribution < -0.4 is 0 Å². The number of hydrogen-bond acceptors (Lipinski definition) is 6. The fourth-order valence-electron chi connectivity index (χ4n) is 5.09. The van der Waals surface area contributed by atoms with Crippen molar-refractivity contribution >= 4 is 23.2 Å². The summed E-state index contributed by atoms with van der Waals surface area (Å²) in [6.45, 7) is 4.08. The minimum absolute atomic E-state index is 0.000220. The van der Waals surface area contributed by atoms with Gasteiger partial charge in [0.25, 0.3) is 5.69 Å². The number of ether oxygens (including phenoxy) is 1. The Balaban J connectivity index is 1.91. The summed E-state index contributed by atoms with van der Waals surface area (Å²) in [5.41, 5.74) is 3.20. The Kier molecular flexibility index (Phi) is 5.64. The van der Waals surface area contributed by atoms with Crippen LogP contribution in [0.4, 0.5) is 11.5 Å². The van der Waals surface area contributed by atoms with E-state index in [1.54, 1.807) is 16.8 Å². The minimum Gasteiger partial charge on any atom is -0.468 e. The molecule has 2 atom stereocenters. The van der Waals surface area contributed by atoms with Crippen molar-refractivity contribution in [2.75, 3.05) is 7.11 Å². The van der Waals surface area contributed by atoms with Crippen LogP contribution in [0.2, 0.25) is 0 Å². The summed E-state index contributed by atoms with van der Waals surface area (Å²) in [6, 6.07) is 6.54. The Morgan fingerprint density at radius 1 is 1.26 bits per heavy atom. The Morgan fingerprint density at radius 2 is 1.97 bits per heavy atom. The van der Waals surface area contributed by atoms with E-state index in [4.69, 9.17) is 14.8 Å². The van der Waals surface area contributed by atoms with Crippen molar-refractivity contribution in [2.45, 2.75) is 51.4 Å². The van der Waals surface area contributed by atoms with Gasteiger partial charge in [0, 0.05) is 42.3 Å². The summed E-state index contributed by atoms with van der Waals surface area (Å²) in [7, 11) is 3.23. The lowest BCUT2D eigenvalue weighted by Gasteiger charge is -2.32. The molecule has 1 saturated carbocycles. The average Bonchev–Trinajstić information content (AvgIpc) is 3.08. The molecule has 0 radical (unpaired) electrons. The van der Waals surface area contributed by atoms with Crippen LogP contribution in [-0.4, -0.2) is 33.5 Å². The molecule has 1 aromatic heterocycles. The summed E-state index contributed by atoms with van der Waals surface area (Å²) in [5, 5.41) is 16.3. The van der Waals surface area contributed by atoms with E-state index < -0.39 is 22.7 Å². The van der Waals surface area contributed by atoms with Gasteiger partial charge >= 0.3 is 5.97 Å². The van der Waals surface area contributed by atoms with Crippen molar-refractivity contribution in [2.24, 2.45) is 23.9 Å². The lowest BCUT2D eigenvalue weighted by atomic mass is 9.73. The van der Waals surface area contributed by atoms with Gasteiger partial charge in [-0.25, -0.2) is 4.99 Å². The van der Waals surface area contributed by atoms with Gasteiger partial charge in [0.1, 0.15) is 5.92 Å². The van der Waals surface area contributed by atoms with Crippen LogP contribution in [0.15, 0.2) is 29.3 Å². The van der Waals surface area contributed by atoms with Crippen molar-refractivity contribution < 1.29 is 14.5 Å². The Hall–Kier alpha value is -3.03. The number of carbonyl (C=O) groups is 1. The van der Waals surface area contributed by atoms with Crippen molar-refractivity contribution in [3.63, 3.8) is 0 Å². The number of methoxy groups -OCH3 is 1. The lowest BCUT2D eigenvalue weighted by Crippen LogP contribution is -2.33. The third-order valence-corrected chi connectivity index (χ3v) is 6.76. The molecule has 0 N–H and O–H groups in total. The van der Waals surface area contributed by atoms with Crippen LogP contribution >= 0.6 is 0 Å². The van der Waals surface area contributed by atoms with Crippen LogP contribution in [0, 0.1) is 22.0 Å². The minimum atomic E-state index is -0.648. The topological polar surface area (TPSA) is 99.6 Å². The zero-order chi connectivity index (χ0) is 22.3. The fraction of sp³-hybridized carbons (Fsp3) is 0.522. The van der Waals surface area contributed by atoms with Gasteiger partial charge in [0.2, 0.25) is 0 Å². The summed E-state index contributed by atoms with van der Waals surface area (Å²) in [5.74, 6) is 0.247. The normalized spacial score (nSPS) is 25.5. The highest BCUT2D eigenvalue weighted by atomic mass is 16.6. The monoisotopic (exact) mass is 424 g/mol. The zero-order valence-electron chi connectivity index (χ0n) is 18.4. The second-order valence-corrected chi connectivity index (χ2v) is 8.79. The van der Waals surface area contributed by atoms with Gasteiger partial charge in [0.15, 0.2) is 5.82 Å². The fourth-order valence-corrected chi connectivity index (χ4v) is 5.09. The summed E-state index contributed by atoms with van der Waals surface area (Å²) >= 11 is 0. The molecule has 1 fully saturated rings. The molecule has 164 valence electrons. The second-order valence-electron chi connectivity index (χ2n) is 8.79. The molecule has 1 aromatic carbocycles. The molecule has 1 aliphatic carbocycles. The van der Waals surface area contributed by atoms with Gasteiger partial charge < -0.3 is 4.74 Å². The second kappa shape index (κ2) is 8.24. The number of benzene rings is 1. The maximum atomic E-state index is 12.9. The molecule has 2 unspecified atom stereocenters. The van der Waals surface area contributed by atoms with Gasteiger partial charge in [-0.3, -0.25) is 19.6 Å². The number of aliphatic imine (C=N–C) groups is 1. The lowest BCUT2D eigenvalue weighted by molar-refractivity contribution is -0.384. The molecule has 0 saturated heterocycles. The van der Waals surface area contributed by atoms with Gasteiger partial charge in [-0.1, -0.05) is 31.9 Å². The van der Waals surface area contributed by atoms with Crippen molar-refractivity contribution in [3.05, 3.63) is 51.2 Å². The number of non-ortho nitro benzene ring substituents is 1. The zero-order valence-corrected chi connectivity index (χ0v) is 18.4. The number of carbonyl (C=O) groups excluding carboxylic acids is 1. The molecule has 8 heteroatoms. The maximum absolute atomic E-state index is 12.9. The molecule has 0 bridgehead atoms. The number of esters is 1. The number of nitro benzene ring substituents is 1. The van der Waals surface area contributed by atoms with Crippen molar-refractivity contribution in [1.29, 1.82) is 0 Å². The molecule has 0 amide bonds. The first-order valence-corrected chi connectivity index (χ1v) is 10.8. The van der Waals surface area contributed by atoms with Crippen LogP contribution in [-0.2, 0) is 16.6 Å². The van der Waals surface area contributed by atoms with Gasteiger partial charge in [-0.2, -0.15) is 5.10 Å². The van der Waals surface area contributed by atoms with Gasteiger partial charge in [0.05, 0.1) is 17.7 Å². The molecule has 2 heterocycles. The number of nitro groups is 1. The largest absolute Gasteiger partial charge is 0.468 e. The number of fused-ring (bicyclic) bond motifs is 1. The summed E-state index contributed by atoms with van der Waals surface area (Å²) in [4.78, 5) is 28.6. The highest BCUT2D eigenvalue weighted by Gasteiger charge is 2.43. The molecule has 0 spiro atoms. The van der Waals surface area contributed by atoms with Crippen LogP contribution in [0.5, 0.6) is 0 Å². The number of nitrogens with zero attached hydrogens (tertiary/aromatic N) is 4. The predicted molar refractivity (Wildman–Crippen MR) is 117 cm³/mol. The molecule has 4 rings (SSSR count). The quantitative estimate of drug-likeness (QED) is 0.404. The molecule has 2 aromatic rings. The third-order valence-electron chi connectivity index (χ3n) is 6.76. The number of hydrogen-bond donors (Lipinski definition) is 0. The smallest absolute Gasteiger partial charge is 0.315 e. The first-order chi connectivity index (χ1) is 14.8. The Labute approximate surface area is 181 Å². The average molecular weight is 425 g/mol. The third kappa shape index (κ3) is 3.75. The highest BCUT2D eigenvalue weighted by molar-refractivity contribution is 6.05. The van der Waals surface area contributed by atoms with E-state index in [1.807, 2.05) is 20.0 Å². The van der Waals surface area contributed by atoms with Crippen LogP contribution in [0.1, 0.15) is 68.2 Å². The predicted octanol–water partition coefficient (Wildman–Crippen LogP) is 4.65. The summed E-state index contributed by atoms with van der Waals surface area (Å²) in [6.07, 6.45) is 4.36. The number of rotatable bonds is 4.